The van der Waals surface area contributed by atoms with Crippen molar-refractivity contribution in [3.63, 3.8) is 0 Å². The number of nitrogens with one attached hydrogen (secondary N) is 1. The summed E-state index contributed by atoms with van der Waals surface area (Å²) < 4.78 is 37.2. The van der Waals surface area contributed by atoms with Crippen LogP contribution in [0.15, 0.2) is 42.5 Å². The highest BCUT2D eigenvalue weighted by Gasteiger charge is 2.29. The molecular formula is C28H39N3O6S. The standard InChI is InChI=1S/C28H39N3O6S/c1-6-24(28(33)29-17-20(2)3)30(18-22-10-7-9-21(4)15-22)27(32)11-8-14-31(38(5,34)35)23-12-13-25-26(16-23)37-19-36-25/h7,9-10,12-13,15-16,20,24H,6,8,11,14,17-19H2,1-5H3,(H,29,33). The first kappa shape index (κ1) is 29.3. The molecule has 1 aliphatic heterocycles. The van der Waals surface area contributed by atoms with Crippen LogP contribution in [-0.4, -0.2) is 57.3 Å². The number of hydrogen-bond acceptors (Lipinski definition) is 6. The highest BCUT2D eigenvalue weighted by molar-refractivity contribution is 7.92. The van der Waals surface area contributed by atoms with Gasteiger partial charge < -0.3 is 19.7 Å². The minimum atomic E-state index is -3.61. The van der Waals surface area contributed by atoms with Crippen molar-refractivity contribution in [2.24, 2.45) is 5.92 Å². The molecule has 2 aromatic carbocycles. The molecule has 1 heterocycles. The number of carbonyl (C=O) groups is 2. The van der Waals surface area contributed by atoms with Crippen molar-refractivity contribution < 1.29 is 27.5 Å². The molecule has 2 amide bonds. The number of carbonyl (C=O) groups excluding carboxylic acids is 2. The second-order valence-corrected chi connectivity index (χ2v) is 12.0. The van der Waals surface area contributed by atoms with Crippen LogP contribution in [0.5, 0.6) is 11.5 Å². The van der Waals surface area contributed by atoms with Gasteiger partial charge in [-0.2, -0.15) is 0 Å². The van der Waals surface area contributed by atoms with Crippen molar-refractivity contribution >= 4 is 27.5 Å². The summed E-state index contributed by atoms with van der Waals surface area (Å²) >= 11 is 0. The van der Waals surface area contributed by atoms with Gasteiger partial charge in [-0.05, 0) is 43.4 Å². The van der Waals surface area contributed by atoms with Gasteiger partial charge in [0, 0.05) is 32.1 Å². The van der Waals surface area contributed by atoms with E-state index in [-0.39, 0.29) is 43.9 Å². The number of sulfonamides is 1. The summed E-state index contributed by atoms with van der Waals surface area (Å²) in [4.78, 5) is 28.2. The lowest BCUT2D eigenvalue weighted by molar-refractivity contribution is -0.141. The minimum absolute atomic E-state index is 0.0896. The van der Waals surface area contributed by atoms with E-state index in [0.29, 0.717) is 36.7 Å². The Kier molecular flexibility index (Phi) is 10.0. The number of ether oxygens (including phenoxy) is 2. The topological polar surface area (TPSA) is 105 Å². The van der Waals surface area contributed by atoms with Crippen molar-refractivity contribution in [2.75, 3.05) is 30.4 Å². The molecule has 0 bridgehead atoms. The van der Waals surface area contributed by atoms with Crippen LogP contribution < -0.4 is 19.1 Å². The van der Waals surface area contributed by atoms with E-state index in [0.717, 1.165) is 17.4 Å². The number of nitrogens with zero attached hydrogens (tertiary/aromatic N) is 2. The Hall–Kier alpha value is -3.27. The third kappa shape index (κ3) is 7.86. The van der Waals surface area contributed by atoms with Gasteiger partial charge in [-0.1, -0.05) is 50.6 Å². The van der Waals surface area contributed by atoms with E-state index in [4.69, 9.17) is 9.47 Å². The van der Waals surface area contributed by atoms with E-state index >= 15 is 0 Å². The molecule has 0 radical (unpaired) electrons. The van der Waals surface area contributed by atoms with Gasteiger partial charge in [0.25, 0.3) is 0 Å². The predicted octanol–water partition coefficient (Wildman–Crippen LogP) is 3.85. The molecule has 208 valence electrons. The molecule has 1 atom stereocenters. The van der Waals surface area contributed by atoms with Crippen molar-refractivity contribution in [1.82, 2.24) is 10.2 Å². The minimum Gasteiger partial charge on any atom is -0.454 e. The van der Waals surface area contributed by atoms with Crippen molar-refractivity contribution in [1.29, 1.82) is 0 Å². The summed E-state index contributed by atoms with van der Waals surface area (Å²) in [7, 11) is -3.61. The van der Waals surface area contributed by atoms with Gasteiger partial charge in [0.15, 0.2) is 11.5 Å². The molecular weight excluding hydrogens is 506 g/mol. The lowest BCUT2D eigenvalue weighted by atomic mass is 10.1. The molecule has 3 rings (SSSR count). The fourth-order valence-corrected chi connectivity index (χ4v) is 5.35. The van der Waals surface area contributed by atoms with Crippen LogP contribution in [0.3, 0.4) is 0 Å². The zero-order valence-electron chi connectivity index (χ0n) is 22.9. The Labute approximate surface area is 226 Å². The van der Waals surface area contributed by atoms with Crippen molar-refractivity contribution in [3.05, 3.63) is 53.6 Å². The maximum atomic E-state index is 13.5. The molecule has 9 nitrogen and oxygen atoms in total. The van der Waals surface area contributed by atoms with Gasteiger partial charge in [-0.25, -0.2) is 8.42 Å². The summed E-state index contributed by atoms with van der Waals surface area (Å²) in [5.74, 6) is 0.952. The quantitative estimate of drug-likeness (QED) is 0.410. The Morgan fingerprint density at radius 1 is 1.08 bits per heavy atom. The number of benzene rings is 2. The van der Waals surface area contributed by atoms with E-state index in [1.807, 2.05) is 52.0 Å². The number of amides is 2. The van der Waals surface area contributed by atoms with Gasteiger partial charge in [0.1, 0.15) is 6.04 Å². The molecule has 0 spiro atoms. The molecule has 0 saturated heterocycles. The fourth-order valence-electron chi connectivity index (χ4n) is 4.39. The van der Waals surface area contributed by atoms with E-state index in [1.165, 1.54) is 4.31 Å². The average Bonchev–Trinajstić information content (AvgIpc) is 3.32. The summed E-state index contributed by atoms with van der Waals surface area (Å²) in [5.41, 5.74) is 2.45. The maximum Gasteiger partial charge on any atom is 0.242 e. The number of fused-ring (bicyclic) bond motifs is 1. The molecule has 0 saturated carbocycles. The molecule has 10 heteroatoms. The number of rotatable bonds is 13. The highest BCUT2D eigenvalue weighted by Crippen LogP contribution is 2.36. The van der Waals surface area contributed by atoms with E-state index in [1.54, 1.807) is 23.1 Å². The first-order valence-electron chi connectivity index (χ1n) is 13.0. The zero-order chi connectivity index (χ0) is 27.9. The number of aryl methyl sites for hydroxylation is 1. The third-order valence-corrected chi connectivity index (χ3v) is 7.50. The summed E-state index contributed by atoms with van der Waals surface area (Å²) in [5, 5.41) is 2.96. The molecule has 0 fully saturated rings. The Morgan fingerprint density at radius 2 is 1.82 bits per heavy atom. The zero-order valence-corrected chi connectivity index (χ0v) is 23.7. The summed E-state index contributed by atoms with van der Waals surface area (Å²) in [6.45, 7) is 8.94. The van der Waals surface area contributed by atoms with Gasteiger partial charge in [-0.15, -0.1) is 0 Å². The Bertz CT molecular complexity index is 1230. The SMILES string of the molecule is CCC(C(=O)NCC(C)C)N(Cc1cccc(C)c1)C(=O)CCCN(c1ccc2c(c1)OCO2)S(C)(=O)=O. The summed E-state index contributed by atoms with van der Waals surface area (Å²) in [6.07, 6.45) is 1.98. The van der Waals surface area contributed by atoms with Crippen molar-refractivity contribution in [3.8, 4) is 11.5 Å². The molecule has 0 aliphatic carbocycles. The number of hydrogen-bond donors (Lipinski definition) is 1. The van der Waals surface area contributed by atoms with Gasteiger partial charge in [-0.3, -0.25) is 13.9 Å². The lowest BCUT2D eigenvalue weighted by Crippen LogP contribution is -2.49. The maximum absolute atomic E-state index is 13.5. The molecule has 1 unspecified atom stereocenters. The van der Waals surface area contributed by atoms with Gasteiger partial charge >= 0.3 is 0 Å². The average molecular weight is 546 g/mol. The van der Waals surface area contributed by atoms with Crippen LogP contribution in [-0.2, 0) is 26.2 Å². The molecule has 1 N–H and O–H groups in total. The van der Waals surface area contributed by atoms with Gasteiger partial charge in [0.2, 0.25) is 28.6 Å². The third-order valence-electron chi connectivity index (χ3n) is 6.30. The summed E-state index contributed by atoms with van der Waals surface area (Å²) in [6, 6.07) is 12.2. The number of anilines is 1. The van der Waals surface area contributed by atoms with Crippen LogP contribution in [0.4, 0.5) is 5.69 Å². The first-order valence-corrected chi connectivity index (χ1v) is 14.8. The molecule has 2 aromatic rings. The normalized spacial score (nSPS) is 13.3. The molecule has 1 aliphatic rings. The lowest BCUT2D eigenvalue weighted by Gasteiger charge is -2.31. The largest absolute Gasteiger partial charge is 0.454 e. The van der Waals surface area contributed by atoms with Crippen LogP contribution in [0.25, 0.3) is 0 Å². The van der Waals surface area contributed by atoms with Crippen LogP contribution >= 0.6 is 0 Å². The second-order valence-electron chi connectivity index (χ2n) is 10.0. The molecule has 0 aromatic heterocycles. The Balaban J connectivity index is 1.76. The highest BCUT2D eigenvalue weighted by atomic mass is 32.2. The van der Waals surface area contributed by atoms with E-state index < -0.39 is 16.1 Å². The van der Waals surface area contributed by atoms with Crippen LogP contribution in [0, 0.1) is 12.8 Å². The van der Waals surface area contributed by atoms with Crippen LogP contribution in [0.2, 0.25) is 0 Å². The van der Waals surface area contributed by atoms with E-state index in [9.17, 15) is 18.0 Å². The fraction of sp³-hybridized carbons (Fsp3) is 0.500. The van der Waals surface area contributed by atoms with Crippen LogP contribution in [0.1, 0.15) is 51.2 Å². The van der Waals surface area contributed by atoms with Crippen molar-refractivity contribution in [2.45, 2.75) is 59.5 Å². The first-order chi connectivity index (χ1) is 18.0. The van der Waals surface area contributed by atoms with Gasteiger partial charge in [0.05, 0.1) is 11.9 Å². The molecule has 38 heavy (non-hydrogen) atoms. The van der Waals surface area contributed by atoms with E-state index in [2.05, 4.69) is 5.32 Å². The Morgan fingerprint density at radius 3 is 2.47 bits per heavy atom. The second kappa shape index (κ2) is 13.0. The predicted molar refractivity (Wildman–Crippen MR) is 148 cm³/mol. The smallest absolute Gasteiger partial charge is 0.242 e. The monoisotopic (exact) mass is 545 g/mol.